The first kappa shape index (κ1) is 18.3. The van der Waals surface area contributed by atoms with E-state index in [1.165, 1.54) is 10.8 Å². The highest BCUT2D eigenvalue weighted by Gasteiger charge is 2.11. The Morgan fingerprint density at radius 2 is 2.00 bits per heavy atom. The highest BCUT2D eigenvalue weighted by molar-refractivity contribution is 5.66. The quantitative estimate of drug-likeness (QED) is 0.742. The van der Waals surface area contributed by atoms with Crippen LogP contribution < -0.4 is 20.3 Å². The molecule has 0 fully saturated rings. The van der Waals surface area contributed by atoms with Crippen LogP contribution in [0.25, 0.3) is 0 Å². The number of nitrogens with zero attached hydrogens (tertiary/aromatic N) is 2. The third-order valence-electron chi connectivity index (χ3n) is 3.70. The molecule has 0 unspecified atom stereocenters. The Morgan fingerprint density at radius 1 is 1.28 bits per heavy atom. The zero-order valence-electron chi connectivity index (χ0n) is 14.4. The fourth-order valence-corrected chi connectivity index (χ4v) is 2.39. The third kappa shape index (κ3) is 4.50. The van der Waals surface area contributed by atoms with Gasteiger partial charge in [0.15, 0.2) is 17.3 Å². The molecule has 0 spiro atoms. The second kappa shape index (κ2) is 8.18. The van der Waals surface area contributed by atoms with Crippen molar-refractivity contribution in [1.29, 1.82) is 0 Å². The van der Waals surface area contributed by atoms with Crippen LogP contribution in [-0.4, -0.2) is 41.4 Å². The molecular weight excluding hydrogens is 326 g/mol. The van der Waals surface area contributed by atoms with Crippen molar-refractivity contribution in [3.05, 3.63) is 46.0 Å². The van der Waals surface area contributed by atoms with Crippen molar-refractivity contribution >= 4 is 11.8 Å². The van der Waals surface area contributed by atoms with Crippen molar-refractivity contribution in [3.8, 4) is 11.5 Å². The highest BCUT2D eigenvalue weighted by Crippen LogP contribution is 2.27. The van der Waals surface area contributed by atoms with Gasteiger partial charge in [0.05, 0.1) is 14.2 Å². The molecule has 2 N–H and O–H groups in total. The molecular formula is C17H21N3O5. The fourth-order valence-electron chi connectivity index (χ4n) is 2.39. The Bertz CT molecular complexity index is 816. The Hall–Kier alpha value is -3.03. The molecule has 134 valence electrons. The lowest BCUT2D eigenvalue weighted by Crippen LogP contribution is -2.29. The monoisotopic (exact) mass is 347 g/mol. The summed E-state index contributed by atoms with van der Waals surface area (Å²) in [7, 11) is 3.14. The Labute approximate surface area is 145 Å². The number of carbonyl (C=O) groups is 1. The summed E-state index contributed by atoms with van der Waals surface area (Å²) in [5.41, 5.74) is 1.05. The fraction of sp³-hybridized carbons (Fsp3) is 0.353. The maximum Gasteiger partial charge on any atom is 0.323 e. The second-order valence-corrected chi connectivity index (χ2v) is 5.40. The molecule has 2 rings (SSSR count). The molecule has 1 heterocycles. The predicted molar refractivity (Wildman–Crippen MR) is 92.6 cm³/mol. The topological polar surface area (TPSA) is 103 Å². The predicted octanol–water partition coefficient (Wildman–Crippen LogP) is 1.31. The number of carboxylic acid groups (broad SMARTS) is 1. The van der Waals surface area contributed by atoms with Crippen molar-refractivity contribution in [2.45, 2.75) is 19.9 Å². The van der Waals surface area contributed by atoms with Gasteiger partial charge in [-0.2, -0.15) is 0 Å². The average Bonchev–Trinajstić information content (AvgIpc) is 2.60. The van der Waals surface area contributed by atoms with E-state index in [4.69, 9.17) is 14.6 Å². The minimum atomic E-state index is -1.08. The van der Waals surface area contributed by atoms with E-state index < -0.39 is 18.1 Å². The SMILES string of the molecule is COc1ccc(CCNc2ncc(C)n(CC(=O)O)c2=O)cc1OC. The van der Waals surface area contributed by atoms with Crippen molar-refractivity contribution in [1.82, 2.24) is 9.55 Å². The van der Waals surface area contributed by atoms with Crippen LogP contribution in [0.2, 0.25) is 0 Å². The van der Waals surface area contributed by atoms with Crippen LogP contribution in [0.15, 0.2) is 29.2 Å². The summed E-state index contributed by atoms with van der Waals surface area (Å²) in [6.45, 7) is 1.72. The van der Waals surface area contributed by atoms with Gasteiger partial charge >= 0.3 is 5.97 Å². The molecule has 1 aromatic heterocycles. The molecule has 0 saturated carbocycles. The molecule has 0 saturated heterocycles. The Kier molecular flexibility index (Phi) is 5.99. The summed E-state index contributed by atoms with van der Waals surface area (Å²) in [4.78, 5) is 27.2. The van der Waals surface area contributed by atoms with E-state index in [0.717, 1.165) is 5.56 Å². The van der Waals surface area contributed by atoms with Crippen LogP contribution in [0.1, 0.15) is 11.3 Å². The molecule has 0 bridgehead atoms. The lowest BCUT2D eigenvalue weighted by atomic mass is 10.1. The molecule has 0 amide bonds. The molecule has 0 radical (unpaired) electrons. The van der Waals surface area contributed by atoms with Crippen LogP contribution in [0.3, 0.4) is 0 Å². The van der Waals surface area contributed by atoms with E-state index in [0.29, 0.717) is 30.2 Å². The van der Waals surface area contributed by atoms with Gasteiger partial charge in [-0.25, -0.2) is 4.98 Å². The summed E-state index contributed by atoms with van der Waals surface area (Å²) >= 11 is 0. The lowest BCUT2D eigenvalue weighted by molar-refractivity contribution is -0.137. The van der Waals surface area contributed by atoms with E-state index in [1.54, 1.807) is 21.1 Å². The lowest BCUT2D eigenvalue weighted by Gasteiger charge is -2.11. The Morgan fingerprint density at radius 3 is 2.64 bits per heavy atom. The van der Waals surface area contributed by atoms with Gasteiger partial charge in [-0.15, -0.1) is 0 Å². The number of anilines is 1. The first-order valence-electron chi connectivity index (χ1n) is 7.69. The summed E-state index contributed by atoms with van der Waals surface area (Å²) < 4.78 is 11.6. The molecule has 1 aromatic carbocycles. The largest absolute Gasteiger partial charge is 0.493 e. The number of aryl methyl sites for hydroxylation is 1. The van der Waals surface area contributed by atoms with Crippen LogP contribution >= 0.6 is 0 Å². The maximum atomic E-state index is 12.3. The zero-order valence-corrected chi connectivity index (χ0v) is 14.4. The molecule has 8 heteroatoms. The van der Waals surface area contributed by atoms with Crippen LogP contribution in [-0.2, 0) is 17.8 Å². The van der Waals surface area contributed by atoms with Gasteiger partial charge in [0.1, 0.15) is 6.54 Å². The number of aromatic nitrogens is 2. The van der Waals surface area contributed by atoms with Crippen molar-refractivity contribution in [2.24, 2.45) is 0 Å². The number of ether oxygens (including phenoxy) is 2. The normalized spacial score (nSPS) is 10.4. The van der Waals surface area contributed by atoms with Crippen molar-refractivity contribution in [3.63, 3.8) is 0 Å². The Balaban J connectivity index is 2.07. The van der Waals surface area contributed by atoms with Gasteiger partial charge in [0.25, 0.3) is 5.56 Å². The van der Waals surface area contributed by atoms with Crippen molar-refractivity contribution < 1.29 is 19.4 Å². The van der Waals surface area contributed by atoms with Crippen molar-refractivity contribution in [2.75, 3.05) is 26.1 Å². The van der Waals surface area contributed by atoms with Gasteiger partial charge < -0.3 is 19.9 Å². The number of nitrogens with one attached hydrogen (secondary N) is 1. The molecule has 0 aliphatic heterocycles. The van der Waals surface area contributed by atoms with E-state index in [2.05, 4.69) is 10.3 Å². The molecule has 0 aliphatic carbocycles. The summed E-state index contributed by atoms with van der Waals surface area (Å²) in [5.74, 6) is 0.341. The summed E-state index contributed by atoms with van der Waals surface area (Å²) in [6, 6.07) is 5.60. The number of carboxylic acids is 1. The number of methoxy groups -OCH3 is 2. The molecule has 0 atom stereocenters. The average molecular weight is 347 g/mol. The molecule has 0 aliphatic rings. The molecule has 2 aromatic rings. The first-order valence-corrected chi connectivity index (χ1v) is 7.69. The summed E-state index contributed by atoms with van der Waals surface area (Å²) in [6.07, 6.45) is 2.11. The third-order valence-corrected chi connectivity index (χ3v) is 3.70. The second-order valence-electron chi connectivity index (χ2n) is 5.40. The van der Waals surface area contributed by atoms with Crippen LogP contribution in [0.5, 0.6) is 11.5 Å². The van der Waals surface area contributed by atoms with Gasteiger partial charge in [0, 0.05) is 18.4 Å². The summed E-state index contributed by atoms with van der Waals surface area (Å²) in [5, 5.41) is 11.9. The van der Waals surface area contributed by atoms with E-state index >= 15 is 0 Å². The number of aliphatic carboxylic acids is 1. The van der Waals surface area contributed by atoms with Gasteiger partial charge in [-0.05, 0) is 31.0 Å². The maximum absolute atomic E-state index is 12.3. The number of benzene rings is 1. The van der Waals surface area contributed by atoms with Gasteiger partial charge in [-0.3, -0.25) is 14.2 Å². The molecule has 8 nitrogen and oxygen atoms in total. The van der Waals surface area contributed by atoms with Gasteiger partial charge in [-0.1, -0.05) is 6.07 Å². The minimum absolute atomic E-state index is 0.132. The number of hydrogen-bond acceptors (Lipinski definition) is 6. The van der Waals surface area contributed by atoms with E-state index in [1.807, 2.05) is 18.2 Å². The first-order chi connectivity index (χ1) is 12.0. The zero-order chi connectivity index (χ0) is 18.4. The standard InChI is InChI=1S/C17H21N3O5/c1-11-9-19-16(17(23)20(11)10-15(21)22)18-7-6-12-4-5-13(24-2)14(8-12)25-3/h4-5,8-9H,6-7,10H2,1-3H3,(H,18,19)(H,21,22). The van der Waals surface area contributed by atoms with E-state index in [9.17, 15) is 9.59 Å². The van der Waals surface area contributed by atoms with Gasteiger partial charge in [0.2, 0.25) is 0 Å². The smallest absolute Gasteiger partial charge is 0.323 e. The minimum Gasteiger partial charge on any atom is -0.493 e. The highest BCUT2D eigenvalue weighted by atomic mass is 16.5. The molecule has 25 heavy (non-hydrogen) atoms. The van der Waals surface area contributed by atoms with Crippen LogP contribution in [0, 0.1) is 6.92 Å². The number of rotatable bonds is 8. The number of hydrogen-bond donors (Lipinski definition) is 2. The van der Waals surface area contributed by atoms with Crippen LogP contribution in [0.4, 0.5) is 5.82 Å². The van der Waals surface area contributed by atoms with E-state index in [-0.39, 0.29) is 5.82 Å².